The lowest BCUT2D eigenvalue weighted by molar-refractivity contribution is -0.160. The number of aryl methyl sites for hydroxylation is 1. The van der Waals surface area contributed by atoms with E-state index in [4.69, 9.17) is 9.47 Å². The Morgan fingerprint density at radius 1 is 1.18 bits per heavy atom. The Hall–Kier alpha value is -4.04. The number of carbonyl (C=O) groups is 2. The number of halogens is 1. The predicted molar refractivity (Wildman–Crippen MR) is 143 cm³/mol. The van der Waals surface area contributed by atoms with Crippen LogP contribution in [0.5, 0.6) is 5.75 Å². The van der Waals surface area contributed by atoms with Crippen LogP contribution in [0.1, 0.15) is 53.9 Å². The summed E-state index contributed by atoms with van der Waals surface area (Å²) in [6, 6.07) is 10.2. The van der Waals surface area contributed by atoms with Crippen molar-refractivity contribution in [2.24, 2.45) is 0 Å². The van der Waals surface area contributed by atoms with Crippen molar-refractivity contribution in [3.63, 3.8) is 0 Å². The maximum atomic E-state index is 15.4. The molecule has 0 fully saturated rings. The van der Waals surface area contributed by atoms with Crippen LogP contribution in [-0.2, 0) is 16.0 Å². The van der Waals surface area contributed by atoms with Gasteiger partial charge >= 0.3 is 5.97 Å². The zero-order chi connectivity index (χ0) is 27.4. The van der Waals surface area contributed by atoms with E-state index in [1.54, 1.807) is 40.0 Å². The Bertz CT molecular complexity index is 1610. The molecule has 0 aliphatic carbocycles. The summed E-state index contributed by atoms with van der Waals surface area (Å²) in [6.45, 7) is 7.71. The number of aliphatic carboxylic acids is 1. The molecule has 4 aromatic rings. The van der Waals surface area contributed by atoms with Crippen molar-refractivity contribution in [2.45, 2.75) is 45.8 Å². The van der Waals surface area contributed by atoms with Gasteiger partial charge in [0.1, 0.15) is 11.6 Å². The lowest BCUT2D eigenvalue weighted by atomic mass is 9.85. The van der Waals surface area contributed by atoms with E-state index in [1.165, 1.54) is 19.2 Å². The van der Waals surface area contributed by atoms with Gasteiger partial charge in [0.05, 0.1) is 23.3 Å². The molecule has 0 radical (unpaired) electrons. The number of nitrogens with one attached hydrogen (secondary N) is 1. The minimum Gasteiger partial charge on any atom is -0.493 e. The predicted octanol–water partition coefficient (Wildman–Crippen LogP) is 5.74. The van der Waals surface area contributed by atoms with Gasteiger partial charge in [0, 0.05) is 36.2 Å². The van der Waals surface area contributed by atoms with Gasteiger partial charge in [-0.15, -0.1) is 0 Å². The lowest BCUT2D eigenvalue weighted by Gasteiger charge is -2.29. The summed E-state index contributed by atoms with van der Waals surface area (Å²) in [4.78, 5) is 29.7. The Morgan fingerprint density at radius 2 is 1.95 bits per heavy atom. The average molecular weight is 517 g/mol. The van der Waals surface area contributed by atoms with Crippen LogP contribution in [0.4, 0.5) is 4.39 Å². The summed E-state index contributed by atoms with van der Waals surface area (Å²) >= 11 is 0. The van der Waals surface area contributed by atoms with Gasteiger partial charge in [0.2, 0.25) is 0 Å². The molecule has 0 saturated heterocycles. The molecule has 0 bridgehead atoms. The zero-order valence-electron chi connectivity index (χ0n) is 21.9. The Morgan fingerprint density at radius 3 is 2.63 bits per heavy atom. The quantitative estimate of drug-likeness (QED) is 0.351. The highest BCUT2D eigenvalue weighted by atomic mass is 19.1. The van der Waals surface area contributed by atoms with Crippen molar-refractivity contribution in [2.75, 3.05) is 13.7 Å². The Balaban J connectivity index is 1.93. The SMILES string of the molecule is CNC(=O)c1cc2cc(C)c([C@H](OC(C)(C)C)C(=O)O)c(-c3ccc4c5c(ccnc35)CCO4)c2cc1F. The van der Waals surface area contributed by atoms with Crippen LogP contribution in [0.3, 0.4) is 0 Å². The number of hydrogen-bond donors (Lipinski definition) is 2. The molecule has 1 aliphatic rings. The van der Waals surface area contributed by atoms with Gasteiger partial charge in [-0.1, -0.05) is 6.07 Å². The summed E-state index contributed by atoms with van der Waals surface area (Å²) in [5, 5.41) is 14.7. The number of amides is 1. The van der Waals surface area contributed by atoms with E-state index in [0.29, 0.717) is 57.3 Å². The second-order valence-electron chi connectivity index (χ2n) is 10.5. The smallest absolute Gasteiger partial charge is 0.337 e. The minimum absolute atomic E-state index is 0.0951. The van der Waals surface area contributed by atoms with E-state index < -0.39 is 29.4 Å². The zero-order valence-corrected chi connectivity index (χ0v) is 21.9. The molecule has 8 heteroatoms. The summed E-state index contributed by atoms with van der Waals surface area (Å²) in [5.41, 5.74) is 3.01. The third kappa shape index (κ3) is 4.35. The average Bonchev–Trinajstić information content (AvgIpc) is 2.86. The third-order valence-corrected chi connectivity index (χ3v) is 6.74. The number of nitrogens with zero attached hydrogens (tertiary/aromatic N) is 1. The maximum absolute atomic E-state index is 15.4. The molecule has 3 aromatic carbocycles. The van der Waals surface area contributed by atoms with E-state index in [9.17, 15) is 14.7 Å². The summed E-state index contributed by atoms with van der Waals surface area (Å²) in [6.07, 6.45) is 1.10. The van der Waals surface area contributed by atoms with Crippen molar-refractivity contribution >= 4 is 33.6 Å². The van der Waals surface area contributed by atoms with Crippen LogP contribution >= 0.6 is 0 Å². The number of hydrogen-bond acceptors (Lipinski definition) is 5. The number of pyridine rings is 1. The number of aromatic nitrogens is 1. The fraction of sp³-hybridized carbons (Fsp3) is 0.300. The van der Waals surface area contributed by atoms with Gasteiger partial charge in [-0.2, -0.15) is 0 Å². The number of ether oxygens (including phenoxy) is 2. The molecule has 0 spiro atoms. The van der Waals surface area contributed by atoms with Crippen LogP contribution in [0.15, 0.2) is 42.6 Å². The summed E-state index contributed by atoms with van der Waals surface area (Å²) in [5.74, 6) is -1.72. The molecule has 1 aliphatic heterocycles. The first-order chi connectivity index (χ1) is 18.0. The van der Waals surface area contributed by atoms with Crippen LogP contribution in [0.2, 0.25) is 0 Å². The molecule has 7 nitrogen and oxygen atoms in total. The molecule has 0 saturated carbocycles. The molecule has 2 heterocycles. The number of carboxylic acid groups (broad SMARTS) is 1. The van der Waals surface area contributed by atoms with E-state index in [1.807, 2.05) is 18.2 Å². The highest BCUT2D eigenvalue weighted by Gasteiger charge is 2.33. The van der Waals surface area contributed by atoms with Crippen LogP contribution < -0.4 is 10.1 Å². The highest BCUT2D eigenvalue weighted by Crippen LogP contribution is 2.45. The first-order valence-corrected chi connectivity index (χ1v) is 12.4. The molecule has 0 unspecified atom stereocenters. The van der Waals surface area contributed by atoms with Crippen molar-refractivity contribution in [1.82, 2.24) is 10.3 Å². The standard InChI is InChI=1S/C30H29FN2O5/c1-15-12-17-13-20(28(34)32-5)21(31)14-19(17)25(23(15)27(29(35)36)38-30(2,3)4)18-6-7-22-24-16(9-11-37-22)8-10-33-26(18)24/h6-8,10,12-14,27H,9,11H2,1-5H3,(H,32,34)(H,35,36)/t27-/m0/s1. The van der Waals surface area contributed by atoms with Gasteiger partial charge in [-0.05, 0) is 85.5 Å². The van der Waals surface area contributed by atoms with Gasteiger partial charge in [-0.25, -0.2) is 9.18 Å². The minimum atomic E-state index is -1.34. The molecular weight excluding hydrogens is 487 g/mol. The van der Waals surface area contributed by atoms with Gasteiger partial charge < -0.3 is 19.9 Å². The van der Waals surface area contributed by atoms with Crippen LogP contribution in [0, 0.1) is 12.7 Å². The largest absolute Gasteiger partial charge is 0.493 e. The van der Waals surface area contributed by atoms with Crippen LogP contribution in [-0.4, -0.2) is 41.2 Å². The molecule has 1 amide bonds. The number of carbonyl (C=O) groups excluding carboxylic acids is 1. The maximum Gasteiger partial charge on any atom is 0.337 e. The van der Waals surface area contributed by atoms with Crippen molar-refractivity contribution in [3.05, 3.63) is 70.7 Å². The van der Waals surface area contributed by atoms with Gasteiger partial charge in [-0.3, -0.25) is 9.78 Å². The molecule has 196 valence electrons. The summed E-state index contributed by atoms with van der Waals surface area (Å²) < 4.78 is 27.3. The molecule has 5 rings (SSSR count). The van der Waals surface area contributed by atoms with Crippen LogP contribution in [0.25, 0.3) is 32.8 Å². The number of carboxylic acids is 1. The fourth-order valence-electron chi connectivity index (χ4n) is 5.21. The highest BCUT2D eigenvalue weighted by molar-refractivity contribution is 6.10. The second-order valence-corrected chi connectivity index (χ2v) is 10.5. The summed E-state index contributed by atoms with van der Waals surface area (Å²) in [7, 11) is 1.44. The van der Waals surface area contributed by atoms with Gasteiger partial charge in [0.25, 0.3) is 5.91 Å². The first kappa shape index (κ1) is 25.6. The van der Waals surface area contributed by atoms with Crippen molar-refractivity contribution in [1.29, 1.82) is 0 Å². The molecule has 1 atom stereocenters. The number of benzene rings is 3. The Kier molecular flexibility index (Phi) is 6.31. The third-order valence-electron chi connectivity index (χ3n) is 6.74. The van der Waals surface area contributed by atoms with E-state index in [-0.39, 0.29) is 5.56 Å². The normalized spacial score (nSPS) is 13.8. The topological polar surface area (TPSA) is 97.8 Å². The van der Waals surface area contributed by atoms with Crippen molar-refractivity contribution in [3.8, 4) is 16.9 Å². The lowest BCUT2D eigenvalue weighted by Crippen LogP contribution is -2.28. The number of rotatable bonds is 5. The molecular formula is C30H29FN2O5. The van der Waals surface area contributed by atoms with Gasteiger partial charge in [0.15, 0.2) is 6.10 Å². The van der Waals surface area contributed by atoms with E-state index >= 15 is 4.39 Å². The molecule has 38 heavy (non-hydrogen) atoms. The Labute approximate surface area is 219 Å². The first-order valence-electron chi connectivity index (χ1n) is 12.4. The molecule has 1 aromatic heterocycles. The monoisotopic (exact) mass is 516 g/mol. The van der Waals surface area contributed by atoms with E-state index in [2.05, 4.69) is 10.3 Å². The molecule has 2 N–H and O–H groups in total. The second kappa shape index (κ2) is 9.36. The number of fused-ring (bicyclic) bond motifs is 1. The van der Waals surface area contributed by atoms with Crippen molar-refractivity contribution < 1.29 is 28.6 Å². The van der Waals surface area contributed by atoms with E-state index in [0.717, 1.165) is 10.9 Å². The fourth-order valence-corrected chi connectivity index (χ4v) is 5.21.